The van der Waals surface area contributed by atoms with Gasteiger partial charge in [-0.1, -0.05) is 65.3 Å². The van der Waals surface area contributed by atoms with Gasteiger partial charge in [0.1, 0.15) is 0 Å². The van der Waals surface area contributed by atoms with Gasteiger partial charge in [0.15, 0.2) is 0 Å². The van der Waals surface area contributed by atoms with Crippen molar-refractivity contribution >= 4 is 15.9 Å². The Morgan fingerprint density at radius 1 is 1.05 bits per heavy atom. The van der Waals surface area contributed by atoms with E-state index >= 15 is 0 Å². The van der Waals surface area contributed by atoms with E-state index in [1.54, 1.807) is 0 Å². The first-order valence-electron chi connectivity index (χ1n) is 7.30. The first-order valence-corrected chi connectivity index (χ1v) is 8.10. The Kier molecular flexibility index (Phi) is 3.95. The van der Waals surface area contributed by atoms with Gasteiger partial charge in [0.25, 0.3) is 0 Å². The number of benzene rings is 2. The van der Waals surface area contributed by atoms with Crippen LogP contribution in [0.15, 0.2) is 59.1 Å². The molecule has 0 aliphatic heterocycles. The predicted molar refractivity (Wildman–Crippen MR) is 87.9 cm³/mol. The molecule has 0 radical (unpaired) electrons. The van der Waals surface area contributed by atoms with Crippen molar-refractivity contribution in [1.82, 2.24) is 5.32 Å². The van der Waals surface area contributed by atoms with E-state index in [4.69, 9.17) is 0 Å². The van der Waals surface area contributed by atoms with Gasteiger partial charge in [-0.25, -0.2) is 0 Å². The van der Waals surface area contributed by atoms with E-state index in [0.717, 1.165) is 11.0 Å². The van der Waals surface area contributed by atoms with E-state index in [1.807, 2.05) is 0 Å². The van der Waals surface area contributed by atoms with Gasteiger partial charge in [-0.3, -0.25) is 0 Å². The van der Waals surface area contributed by atoms with Crippen LogP contribution in [0.3, 0.4) is 0 Å². The van der Waals surface area contributed by atoms with Gasteiger partial charge in [0.05, 0.1) is 0 Å². The first kappa shape index (κ1) is 13.8. The van der Waals surface area contributed by atoms with Crippen LogP contribution in [0.2, 0.25) is 0 Å². The monoisotopic (exact) mass is 329 g/mol. The number of hydrogen-bond acceptors (Lipinski definition) is 1. The highest BCUT2D eigenvalue weighted by Crippen LogP contribution is 2.56. The van der Waals surface area contributed by atoms with Crippen molar-refractivity contribution in [3.63, 3.8) is 0 Å². The molecule has 1 N–H and O–H groups in total. The second-order valence-electron chi connectivity index (χ2n) is 5.56. The largest absolute Gasteiger partial charge is 0.309 e. The SMILES string of the molecule is CCNC(c1ccc(Br)cc1)C1(c2ccccc2)CC1. The molecule has 2 aromatic carbocycles. The lowest BCUT2D eigenvalue weighted by atomic mass is 9.84. The van der Waals surface area contributed by atoms with Crippen LogP contribution >= 0.6 is 15.9 Å². The Balaban J connectivity index is 1.97. The summed E-state index contributed by atoms with van der Waals surface area (Å²) in [6.07, 6.45) is 2.54. The molecule has 1 aliphatic carbocycles. The molecule has 1 fully saturated rings. The molecule has 0 amide bonds. The Morgan fingerprint density at radius 2 is 1.70 bits per heavy atom. The lowest BCUT2D eigenvalue weighted by Gasteiger charge is -2.29. The minimum atomic E-state index is 0.283. The van der Waals surface area contributed by atoms with Crippen molar-refractivity contribution in [2.75, 3.05) is 6.54 Å². The Bertz CT molecular complexity index is 558. The van der Waals surface area contributed by atoms with Crippen LogP contribution in [0.5, 0.6) is 0 Å². The van der Waals surface area contributed by atoms with E-state index in [9.17, 15) is 0 Å². The molecule has 1 nitrogen and oxygen atoms in total. The molecule has 1 unspecified atom stereocenters. The number of nitrogens with one attached hydrogen (secondary N) is 1. The zero-order valence-corrected chi connectivity index (χ0v) is 13.4. The lowest BCUT2D eigenvalue weighted by Crippen LogP contribution is -2.32. The van der Waals surface area contributed by atoms with E-state index in [2.05, 4.69) is 82.8 Å². The normalized spacial score (nSPS) is 17.7. The minimum absolute atomic E-state index is 0.283. The number of rotatable bonds is 5. The summed E-state index contributed by atoms with van der Waals surface area (Å²) in [6.45, 7) is 3.18. The highest BCUT2D eigenvalue weighted by atomic mass is 79.9. The molecule has 0 saturated heterocycles. The Morgan fingerprint density at radius 3 is 2.25 bits per heavy atom. The van der Waals surface area contributed by atoms with E-state index in [0.29, 0.717) is 6.04 Å². The zero-order valence-electron chi connectivity index (χ0n) is 11.8. The van der Waals surface area contributed by atoms with Crippen LogP contribution in [0.4, 0.5) is 0 Å². The van der Waals surface area contributed by atoms with Crippen LogP contribution < -0.4 is 5.32 Å². The molecule has 0 bridgehead atoms. The van der Waals surface area contributed by atoms with Gasteiger partial charge in [-0.05, 0) is 42.6 Å². The van der Waals surface area contributed by atoms with Gasteiger partial charge in [-0.2, -0.15) is 0 Å². The van der Waals surface area contributed by atoms with Crippen molar-refractivity contribution in [1.29, 1.82) is 0 Å². The molecular weight excluding hydrogens is 310 g/mol. The molecule has 104 valence electrons. The van der Waals surface area contributed by atoms with Gasteiger partial charge >= 0.3 is 0 Å². The van der Waals surface area contributed by atoms with Gasteiger partial charge < -0.3 is 5.32 Å². The van der Waals surface area contributed by atoms with Crippen molar-refractivity contribution in [2.24, 2.45) is 0 Å². The predicted octanol–water partition coefficient (Wildman–Crippen LogP) is 4.83. The summed E-state index contributed by atoms with van der Waals surface area (Å²) in [5.74, 6) is 0. The molecule has 0 spiro atoms. The van der Waals surface area contributed by atoms with Gasteiger partial charge in [0.2, 0.25) is 0 Å². The molecular formula is C18H20BrN. The number of hydrogen-bond donors (Lipinski definition) is 1. The molecule has 0 aromatic heterocycles. The van der Waals surface area contributed by atoms with E-state index < -0.39 is 0 Å². The minimum Gasteiger partial charge on any atom is -0.309 e. The van der Waals surface area contributed by atoms with Crippen molar-refractivity contribution in [2.45, 2.75) is 31.2 Å². The first-order chi connectivity index (χ1) is 9.76. The third-order valence-electron chi connectivity index (χ3n) is 4.30. The smallest absolute Gasteiger partial charge is 0.0418 e. The third-order valence-corrected chi connectivity index (χ3v) is 4.83. The van der Waals surface area contributed by atoms with E-state index in [-0.39, 0.29) is 5.41 Å². The molecule has 2 aromatic rings. The Hall–Kier alpha value is -1.12. The summed E-state index contributed by atoms with van der Waals surface area (Å²) >= 11 is 3.52. The molecule has 1 saturated carbocycles. The van der Waals surface area contributed by atoms with Crippen molar-refractivity contribution in [3.05, 3.63) is 70.2 Å². The van der Waals surface area contributed by atoms with Crippen LogP contribution in [0.25, 0.3) is 0 Å². The summed E-state index contributed by atoms with van der Waals surface area (Å²) < 4.78 is 1.14. The Labute approximate surface area is 129 Å². The second-order valence-corrected chi connectivity index (χ2v) is 6.48. The molecule has 1 aliphatic rings. The molecule has 1 atom stereocenters. The maximum absolute atomic E-state index is 3.70. The van der Waals surface area contributed by atoms with Crippen LogP contribution in [0, 0.1) is 0 Å². The molecule has 0 heterocycles. The lowest BCUT2D eigenvalue weighted by molar-refractivity contribution is 0.439. The fourth-order valence-electron chi connectivity index (χ4n) is 3.14. The average Bonchev–Trinajstić information content (AvgIpc) is 3.28. The highest BCUT2D eigenvalue weighted by molar-refractivity contribution is 9.10. The molecule has 20 heavy (non-hydrogen) atoms. The maximum atomic E-state index is 3.70. The average molecular weight is 330 g/mol. The topological polar surface area (TPSA) is 12.0 Å². The van der Waals surface area contributed by atoms with Crippen LogP contribution in [-0.2, 0) is 5.41 Å². The van der Waals surface area contributed by atoms with Gasteiger partial charge in [-0.15, -0.1) is 0 Å². The third kappa shape index (κ3) is 2.55. The summed E-state index contributed by atoms with van der Waals surface area (Å²) in [4.78, 5) is 0. The molecule has 3 rings (SSSR count). The summed E-state index contributed by atoms with van der Waals surface area (Å²) in [5.41, 5.74) is 3.13. The van der Waals surface area contributed by atoms with Crippen LogP contribution in [-0.4, -0.2) is 6.54 Å². The van der Waals surface area contributed by atoms with Crippen LogP contribution in [0.1, 0.15) is 36.9 Å². The van der Waals surface area contributed by atoms with E-state index in [1.165, 1.54) is 24.0 Å². The summed E-state index contributed by atoms with van der Waals surface area (Å²) in [7, 11) is 0. The zero-order chi connectivity index (χ0) is 14.0. The second kappa shape index (κ2) is 5.71. The highest BCUT2D eigenvalue weighted by Gasteiger charge is 2.50. The molecule has 2 heteroatoms. The summed E-state index contributed by atoms with van der Waals surface area (Å²) in [6, 6.07) is 20.1. The maximum Gasteiger partial charge on any atom is 0.0418 e. The van der Waals surface area contributed by atoms with Crippen molar-refractivity contribution < 1.29 is 0 Å². The fourth-order valence-corrected chi connectivity index (χ4v) is 3.40. The van der Waals surface area contributed by atoms with Gasteiger partial charge in [0, 0.05) is 15.9 Å². The summed E-state index contributed by atoms with van der Waals surface area (Å²) in [5, 5.41) is 3.70. The van der Waals surface area contributed by atoms with Crippen molar-refractivity contribution in [3.8, 4) is 0 Å². The standard InChI is InChI=1S/C18H20BrN/c1-2-20-17(14-8-10-16(19)11-9-14)18(12-13-18)15-6-4-3-5-7-15/h3-11,17,20H,2,12-13H2,1H3. The fraction of sp³-hybridized carbons (Fsp3) is 0.333. The quantitative estimate of drug-likeness (QED) is 0.828. The number of likely N-dealkylation sites (N-methyl/N-ethyl adjacent to an activating group) is 1. The number of halogens is 1.